The van der Waals surface area contributed by atoms with Gasteiger partial charge in [-0.25, -0.2) is 8.42 Å². The number of sulfonamides is 1. The van der Waals surface area contributed by atoms with Gasteiger partial charge in [0.05, 0.1) is 5.69 Å². The molecule has 168 valence electrons. The number of carbonyl (C=O) groups is 1. The number of rotatable bonds is 4. The molecule has 0 aliphatic carbocycles. The molecule has 0 spiro atoms. The van der Waals surface area contributed by atoms with Gasteiger partial charge in [0.25, 0.3) is 15.9 Å². The number of thiophene rings is 1. The van der Waals surface area contributed by atoms with Gasteiger partial charge in [0.1, 0.15) is 4.21 Å². The maximum absolute atomic E-state index is 13.1. The number of pyridine rings is 1. The first-order valence-electron chi connectivity index (χ1n) is 10.1. The van der Waals surface area contributed by atoms with E-state index >= 15 is 0 Å². The molecule has 0 radical (unpaired) electrons. The molecule has 4 heterocycles. The minimum Gasteiger partial charge on any atom is -0.335 e. The van der Waals surface area contributed by atoms with Crippen LogP contribution < -0.4 is 0 Å². The number of amides is 1. The lowest BCUT2D eigenvalue weighted by Gasteiger charge is -2.33. The average Bonchev–Trinajstić information content (AvgIpc) is 3.28. The Morgan fingerprint density at radius 1 is 0.939 bits per heavy atom. The molecule has 1 aliphatic rings. The summed E-state index contributed by atoms with van der Waals surface area (Å²) in [5.41, 5.74) is 1.74. The van der Waals surface area contributed by atoms with E-state index < -0.39 is 10.0 Å². The van der Waals surface area contributed by atoms with E-state index in [1.165, 1.54) is 15.6 Å². The second kappa shape index (κ2) is 8.79. The zero-order valence-corrected chi connectivity index (χ0v) is 19.6. The summed E-state index contributed by atoms with van der Waals surface area (Å²) < 4.78 is 28.8. The van der Waals surface area contributed by atoms with Crippen LogP contribution in [0.3, 0.4) is 0 Å². The van der Waals surface area contributed by atoms with Gasteiger partial charge in [0.15, 0.2) is 5.69 Å². The molecule has 5 rings (SSSR count). The number of hydrogen-bond acceptors (Lipinski definition) is 7. The number of aromatic nitrogens is 3. The summed E-state index contributed by atoms with van der Waals surface area (Å²) in [6, 6.07) is 14.0. The van der Waals surface area contributed by atoms with E-state index in [1.807, 2.05) is 18.2 Å². The molecular formula is C22H18ClN5O3S2. The standard InChI is InChI=1S/C22H18ClN5O3S2/c23-17-2-1-16-13-21(32-20(16)14-17)33(30,31)28-11-9-27(10-12-28)22(29)19-4-3-18(25-26-19)15-5-7-24-8-6-15/h1-8,13-14H,9-12H2. The molecule has 1 aliphatic heterocycles. The van der Waals surface area contributed by atoms with Gasteiger partial charge in [-0.15, -0.1) is 21.5 Å². The topological polar surface area (TPSA) is 96.4 Å². The minimum atomic E-state index is -3.65. The Balaban J connectivity index is 1.26. The predicted molar refractivity (Wildman–Crippen MR) is 127 cm³/mol. The fourth-order valence-corrected chi connectivity index (χ4v) is 6.90. The van der Waals surface area contributed by atoms with E-state index in [1.54, 1.807) is 47.6 Å². The minimum absolute atomic E-state index is 0.214. The van der Waals surface area contributed by atoms with Crippen molar-refractivity contribution < 1.29 is 13.2 Å². The van der Waals surface area contributed by atoms with Crippen LogP contribution in [0.1, 0.15) is 10.5 Å². The van der Waals surface area contributed by atoms with Gasteiger partial charge in [-0.05, 0) is 47.9 Å². The fourth-order valence-electron chi connectivity index (χ4n) is 3.65. The van der Waals surface area contributed by atoms with Gasteiger partial charge in [0.2, 0.25) is 0 Å². The van der Waals surface area contributed by atoms with Crippen molar-refractivity contribution in [3.63, 3.8) is 0 Å². The quantitative estimate of drug-likeness (QED) is 0.426. The average molecular weight is 500 g/mol. The third kappa shape index (κ3) is 4.34. The highest BCUT2D eigenvalue weighted by Gasteiger charge is 2.32. The smallest absolute Gasteiger partial charge is 0.274 e. The second-order valence-corrected chi connectivity index (χ2v) is 11.2. The van der Waals surface area contributed by atoms with Crippen molar-refractivity contribution in [2.45, 2.75) is 4.21 Å². The number of nitrogens with zero attached hydrogens (tertiary/aromatic N) is 5. The molecule has 11 heteroatoms. The summed E-state index contributed by atoms with van der Waals surface area (Å²) >= 11 is 7.22. The van der Waals surface area contributed by atoms with Crippen molar-refractivity contribution in [3.8, 4) is 11.3 Å². The summed E-state index contributed by atoms with van der Waals surface area (Å²) in [5, 5.41) is 9.63. The largest absolute Gasteiger partial charge is 0.335 e. The molecule has 0 N–H and O–H groups in total. The molecule has 4 aromatic rings. The maximum Gasteiger partial charge on any atom is 0.274 e. The first-order valence-corrected chi connectivity index (χ1v) is 12.8. The number of hydrogen-bond donors (Lipinski definition) is 0. The SMILES string of the molecule is O=C(c1ccc(-c2ccncc2)nn1)N1CCN(S(=O)(=O)c2cc3ccc(Cl)cc3s2)CC1. The van der Waals surface area contributed by atoms with Crippen LogP contribution in [0.25, 0.3) is 21.3 Å². The van der Waals surface area contributed by atoms with E-state index in [0.717, 1.165) is 15.6 Å². The zero-order valence-electron chi connectivity index (χ0n) is 17.3. The Morgan fingerprint density at radius 3 is 2.39 bits per heavy atom. The molecule has 0 bridgehead atoms. The highest BCUT2D eigenvalue weighted by atomic mass is 35.5. The van der Waals surface area contributed by atoms with Crippen LogP contribution in [-0.2, 0) is 10.0 Å². The molecule has 33 heavy (non-hydrogen) atoms. The van der Waals surface area contributed by atoms with E-state index in [0.29, 0.717) is 10.7 Å². The number of carbonyl (C=O) groups excluding carboxylic acids is 1. The number of fused-ring (bicyclic) bond motifs is 1. The Labute approximate surface area is 199 Å². The molecule has 1 aromatic carbocycles. The number of piperazine rings is 1. The van der Waals surface area contributed by atoms with Gasteiger partial charge in [-0.3, -0.25) is 9.78 Å². The lowest BCUT2D eigenvalue weighted by molar-refractivity contribution is 0.0691. The van der Waals surface area contributed by atoms with Crippen molar-refractivity contribution in [2.24, 2.45) is 0 Å². The molecule has 0 saturated carbocycles. The molecule has 3 aromatic heterocycles. The van der Waals surface area contributed by atoms with Crippen molar-refractivity contribution >= 4 is 49.0 Å². The summed E-state index contributed by atoms with van der Waals surface area (Å²) in [6.45, 7) is 0.988. The highest BCUT2D eigenvalue weighted by Crippen LogP contribution is 2.33. The van der Waals surface area contributed by atoms with E-state index in [2.05, 4.69) is 15.2 Å². The molecule has 1 fully saturated rings. The Morgan fingerprint density at radius 2 is 1.70 bits per heavy atom. The third-order valence-electron chi connectivity index (χ3n) is 5.44. The number of halogens is 1. The predicted octanol–water partition coefficient (Wildman–Crippen LogP) is 3.55. The lowest BCUT2D eigenvalue weighted by atomic mass is 10.2. The molecule has 1 saturated heterocycles. The van der Waals surface area contributed by atoms with E-state index in [9.17, 15) is 13.2 Å². The van der Waals surface area contributed by atoms with Crippen molar-refractivity contribution in [1.29, 1.82) is 0 Å². The van der Waals surface area contributed by atoms with Gasteiger partial charge >= 0.3 is 0 Å². The van der Waals surface area contributed by atoms with Crippen LogP contribution in [0.5, 0.6) is 0 Å². The van der Waals surface area contributed by atoms with Crippen LogP contribution >= 0.6 is 22.9 Å². The summed E-state index contributed by atoms with van der Waals surface area (Å²) in [6.07, 6.45) is 3.33. The zero-order chi connectivity index (χ0) is 23.0. The first kappa shape index (κ1) is 21.9. The normalized spacial score (nSPS) is 15.1. The Hall–Kier alpha value is -2.92. The van der Waals surface area contributed by atoms with Crippen LogP contribution in [0.4, 0.5) is 0 Å². The van der Waals surface area contributed by atoms with Crippen LogP contribution in [0.15, 0.2) is 65.1 Å². The third-order valence-corrected chi connectivity index (χ3v) is 9.12. The van der Waals surface area contributed by atoms with E-state index in [4.69, 9.17) is 11.6 Å². The van der Waals surface area contributed by atoms with Gasteiger partial charge in [-0.2, -0.15) is 4.31 Å². The number of benzene rings is 1. The summed E-state index contributed by atoms with van der Waals surface area (Å²) in [7, 11) is -3.65. The summed E-state index contributed by atoms with van der Waals surface area (Å²) in [5.74, 6) is -0.266. The highest BCUT2D eigenvalue weighted by molar-refractivity contribution is 7.91. The molecule has 0 unspecified atom stereocenters. The van der Waals surface area contributed by atoms with Gasteiger partial charge in [0, 0.05) is 53.9 Å². The second-order valence-electron chi connectivity index (χ2n) is 7.48. The maximum atomic E-state index is 13.1. The molecular weight excluding hydrogens is 482 g/mol. The first-order chi connectivity index (χ1) is 15.9. The lowest BCUT2D eigenvalue weighted by Crippen LogP contribution is -2.50. The van der Waals surface area contributed by atoms with Crippen LogP contribution in [-0.4, -0.2) is 64.9 Å². The Kier molecular flexibility index (Phi) is 5.83. The monoisotopic (exact) mass is 499 g/mol. The molecule has 8 nitrogen and oxygen atoms in total. The molecule has 0 atom stereocenters. The van der Waals surface area contributed by atoms with Crippen molar-refractivity contribution in [2.75, 3.05) is 26.2 Å². The van der Waals surface area contributed by atoms with Crippen molar-refractivity contribution in [3.05, 3.63) is 71.6 Å². The Bertz CT molecular complexity index is 1420. The van der Waals surface area contributed by atoms with Gasteiger partial charge < -0.3 is 4.90 Å². The van der Waals surface area contributed by atoms with Crippen molar-refractivity contribution in [1.82, 2.24) is 24.4 Å². The van der Waals surface area contributed by atoms with Crippen LogP contribution in [0, 0.1) is 0 Å². The van der Waals surface area contributed by atoms with E-state index in [-0.39, 0.29) is 42.0 Å². The van der Waals surface area contributed by atoms with Crippen LogP contribution in [0.2, 0.25) is 5.02 Å². The summed E-state index contributed by atoms with van der Waals surface area (Å²) in [4.78, 5) is 18.4. The molecule has 1 amide bonds. The van der Waals surface area contributed by atoms with Gasteiger partial charge in [-0.1, -0.05) is 17.7 Å². The fraction of sp³-hybridized carbons (Fsp3) is 0.182.